The Morgan fingerprint density at radius 1 is 1.03 bits per heavy atom. The number of hydrogen-bond acceptors (Lipinski definition) is 4. The van der Waals surface area contributed by atoms with Crippen LogP contribution >= 0.6 is 0 Å². The highest BCUT2D eigenvalue weighted by Crippen LogP contribution is 2.33. The lowest BCUT2D eigenvalue weighted by Crippen LogP contribution is -2.48. The molecular weight excluding hydrogens is 486 g/mol. The van der Waals surface area contributed by atoms with Gasteiger partial charge in [-0.05, 0) is 86.1 Å². The van der Waals surface area contributed by atoms with Crippen molar-refractivity contribution in [1.29, 1.82) is 0 Å². The number of carbonyl (C=O) groups excluding carboxylic acids is 1. The van der Waals surface area contributed by atoms with Crippen molar-refractivity contribution in [2.75, 3.05) is 6.54 Å². The molecule has 1 aliphatic heterocycles. The van der Waals surface area contributed by atoms with Gasteiger partial charge in [-0.2, -0.15) is 0 Å². The molecule has 3 N–H and O–H groups in total. The monoisotopic (exact) mass is 522 g/mol. The van der Waals surface area contributed by atoms with Gasteiger partial charge in [0.25, 0.3) is 5.91 Å². The van der Waals surface area contributed by atoms with Gasteiger partial charge < -0.3 is 20.5 Å². The Balaban J connectivity index is 1.48. The minimum absolute atomic E-state index is 0.0586. The maximum absolute atomic E-state index is 13.9. The number of halogens is 2. The van der Waals surface area contributed by atoms with Gasteiger partial charge in [0, 0.05) is 24.7 Å². The quantitative estimate of drug-likeness (QED) is 0.346. The van der Waals surface area contributed by atoms with Gasteiger partial charge in [0.1, 0.15) is 23.0 Å². The summed E-state index contributed by atoms with van der Waals surface area (Å²) < 4.78 is 33.8. The molecule has 4 rings (SSSR count). The largest absolute Gasteiger partial charge is 0.488 e. The molecular formula is C31H36F2N2O3. The Morgan fingerprint density at radius 2 is 1.76 bits per heavy atom. The first-order valence-electron chi connectivity index (χ1n) is 13.2. The van der Waals surface area contributed by atoms with E-state index >= 15 is 0 Å². The van der Waals surface area contributed by atoms with Crippen LogP contribution in [0.5, 0.6) is 5.75 Å². The van der Waals surface area contributed by atoms with E-state index in [9.17, 15) is 18.7 Å². The fourth-order valence-corrected chi connectivity index (χ4v) is 4.77. The molecule has 5 nitrogen and oxygen atoms in total. The first-order valence-corrected chi connectivity index (χ1v) is 13.2. The van der Waals surface area contributed by atoms with Crippen molar-refractivity contribution in [2.24, 2.45) is 0 Å². The highest BCUT2D eigenvalue weighted by atomic mass is 19.1. The summed E-state index contributed by atoms with van der Waals surface area (Å²) in [6, 6.07) is 16.0. The highest BCUT2D eigenvalue weighted by molar-refractivity contribution is 5.95. The van der Waals surface area contributed by atoms with E-state index < -0.39 is 29.7 Å². The molecule has 3 aromatic rings. The molecule has 0 aliphatic carbocycles. The van der Waals surface area contributed by atoms with E-state index in [1.165, 1.54) is 17.7 Å². The van der Waals surface area contributed by atoms with Crippen molar-refractivity contribution in [1.82, 2.24) is 10.6 Å². The van der Waals surface area contributed by atoms with Crippen LogP contribution in [0.4, 0.5) is 8.78 Å². The molecule has 1 heterocycles. The van der Waals surface area contributed by atoms with Crippen molar-refractivity contribution < 1.29 is 23.4 Å². The summed E-state index contributed by atoms with van der Waals surface area (Å²) >= 11 is 0. The van der Waals surface area contributed by atoms with Crippen LogP contribution in [0.2, 0.25) is 0 Å². The van der Waals surface area contributed by atoms with E-state index in [1.54, 1.807) is 12.1 Å². The summed E-state index contributed by atoms with van der Waals surface area (Å²) in [5, 5.41) is 17.2. The molecule has 0 fully saturated rings. The molecule has 38 heavy (non-hydrogen) atoms. The molecule has 202 valence electrons. The molecule has 0 aromatic heterocycles. The first-order chi connectivity index (χ1) is 18.1. The van der Waals surface area contributed by atoms with Crippen LogP contribution in [0.1, 0.15) is 59.8 Å². The lowest BCUT2D eigenvalue weighted by Gasteiger charge is -2.32. The maximum Gasteiger partial charge on any atom is 0.251 e. The Morgan fingerprint density at radius 3 is 2.50 bits per heavy atom. The van der Waals surface area contributed by atoms with Gasteiger partial charge >= 0.3 is 0 Å². The summed E-state index contributed by atoms with van der Waals surface area (Å²) in [5.41, 5.74) is 3.78. The second-order valence-electron chi connectivity index (χ2n) is 10.6. The third kappa shape index (κ3) is 7.39. The number of aliphatic hydroxyl groups excluding tert-OH is 1. The molecule has 7 heteroatoms. The second-order valence-corrected chi connectivity index (χ2v) is 10.6. The Bertz CT molecular complexity index is 1260. The lowest BCUT2D eigenvalue weighted by molar-refractivity contribution is 0.0805. The van der Waals surface area contributed by atoms with Crippen LogP contribution in [0, 0.1) is 11.6 Å². The number of ether oxygens (including phenoxy) is 1. The summed E-state index contributed by atoms with van der Waals surface area (Å²) in [5.74, 6) is -1.13. The first kappa shape index (κ1) is 27.7. The van der Waals surface area contributed by atoms with E-state index in [0.29, 0.717) is 23.4 Å². The fourth-order valence-electron chi connectivity index (χ4n) is 4.77. The molecule has 1 aliphatic rings. The number of benzene rings is 3. The minimum atomic E-state index is -1.01. The summed E-state index contributed by atoms with van der Waals surface area (Å²) in [7, 11) is 0. The minimum Gasteiger partial charge on any atom is -0.488 e. The Labute approximate surface area is 223 Å². The fraction of sp³-hybridized carbons (Fsp3) is 0.387. The SMILES string of the molecule is CCc1cccc(CNC[C@H](O)[C@H](Cc2cc(F)cc(F)c2)NC(=O)c2ccc3c(c2)OC(C)(C)CC3)c1. The molecule has 3 aromatic carbocycles. The zero-order valence-electron chi connectivity index (χ0n) is 22.2. The number of carbonyl (C=O) groups is 1. The van der Waals surface area contributed by atoms with Crippen molar-refractivity contribution in [3.63, 3.8) is 0 Å². The van der Waals surface area contributed by atoms with Crippen molar-refractivity contribution in [2.45, 2.75) is 70.7 Å². The number of aryl methyl sites for hydroxylation is 2. The van der Waals surface area contributed by atoms with Gasteiger partial charge in [-0.3, -0.25) is 4.79 Å². The molecule has 0 bridgehead atoms. The predicted octanol–water partition coefficient (Wildman–Crippen LogP) is 5.12. The summed E-state index contributed by atoms with van der Waals surface area (Å²) in [4.78, 5) is 13.3. The zero-order valence-corrected chi connectivity index (χ0v) is 22.2. The van der Waals surface area contributed by atoms with Gasteiger partial charge in [-0.15, -0.1) is 0 Å². The molecule has 0 saturated carbocycles. The summed E-state index contributed by atoms with van der Waals surface area (Å²) in [6.07, 6.45) is 1.74. The standard InChI is InChI=1S/C31H36F2N2O3/c1-4-20-6-5-7-21(12-20)18-34-19-28(36)27(15-22-13-25(32)17-26(33)14-22)35-30(37)24-9-8-23-10-11-31(2,3)38-29(23)16-24/h5-9,12-14,16-17,27-28,34,36H,4,10-11,15,18-19H2,1-3H3,(H,35,37)/t27-,28-/m0/s1. The predicted molar refractivity (Wildman–Crippen MR) is 144 cm³/mol. The van der Waals surface area contributed by atoms with Crippen LogP contribution in [-0.2, 0) is 25.8 Å². The normalized spacial score (nSPS) is 15.7. The molecule has 0 saturated heterocycles. The number of hydrogen-bond donors (Lipinski definition) is 3. The number of aliphatic hydroxyl groups is 1. The number of nitrogens with one attached hydrogen (secondary N) is 2. The Kier molecular flexibility index (Phi) is 8.80. The Hall–Kier alpha value is -3.29. The van der Waals surface area contributed by atoms with E-state index in [1.807, 2.05) is 32.0 Å². The lowest BCUT2D eigenvalue weighted by atomic mass is 9.93. The van der Waals surface area contributed by atoms with Gasteiger partial charge in [0.15, 0.2) is 0 Å². The molecule has 0 radical (unpaired) electrons. The van der Waals surface area contributed by atoms with Crippen LogP contribution in [0.25, 0.3) is 0 Å². The van der Waals surface area contributed by atoms with Crippen LogP contribution in [0.15, 0.2) is 60.7 Å². The number of fused-ring (bicyclic) bond motifs is 1. The third-order valence-electron chi connectivity index (χ3n) is 6.95. The van der Waals surface area contributed by atoms with Crippen molar-refractivity contribution >= 4 is 5.91 Å². The number of rotatable bonds is 10. The van der Waals surface area contributed by atoms with Gasteiger partial charge in [0.2, 0.25) is 0 Å². The molecule has 0 spiro atoms. The van der Waals surface area contributed by atoms with E-state index in [-0.39, 0.29) is 18.6 Å². The average molecular weight is 523 g/mol. The zero-order chi connectivity index (χ0) is 27.3. The number of amides is 1. The summed E-state index contributed by atoms with van der Waals surface area (Å²) in [6.45, 7) is 6.84. The van der Waals surface area contributed by atoms with E-state index in [0.717, 1.165) is 36.5 Å². The smallest absolute Gasteiger partial charge is 0.251 e. The molecule has 1 amide bonds. The van der Waals surface area contributed by atoms with Crippen molar-refractivity contribution in [3.8, 4) is 5.75 Å². The van der Waals surface area contributed by atoms with Crippen LogP contribution < -0.4 is 15.4 Å². The van der Waals surface area contributed by atoms with Crippen LogP contribution in [-0.4, -0.2) is 35.3 Å². The van der Waals surface area contributed by atoms with E-state index in [2.05, 4.69) is 29.7 Å². The highest BCUT2D eigenvalue weighted by Gasteiger charge is 2.28. The van der Waals surface area contributed by atoms with Gasteiger partial charge in [-0.25, -0.2) is 8.78 Å². The van der Waals surface area contributed by atoms with Crippen LogP contribution in [0.3, 0.4) is 0 Å². The topological polar surface area (TPSA) is 70.6 Å². The van der Waals surface area contributed by atoms with Gasteiger partial charge in [-0.1, -0.05) is 37.3 Å². The van der Waals surface area contributed by atoms with Crippen molar-refractivity contribution in [3.05, 3.63) is 100 Å². The average Bonchev–Trinajstić information content (AvgIpc) is 2.86. The second kappa shape index (κ2) is 12.0. The van der Waals surface area contributed by atoms with E-state index in [4.69, 9.17) is 4.74 Å². The maximum atomic E-state index is 13.9. The van der Waals surface area contributed by atoms with Gasteiger partial charge in [0.05, 0.1) is 12.1 Å². The molecule has 0 unspecified atom stereocenters. The third-order valence-corrected chi connectivity index (χ3v) is 6.95. The molecule has 2 atom stereocenters.